The van der Waals surface area contributed by atoms with Gasteiger partial charge in [-0.3, -0.25) is 9.59 Å². The smallest absolute Gasteiger partial charge is 0.253 e. The van der Waals surface area contributed by atoms with Crippen LogP contribution in [0.15, 0.2) is 24.3 Å². The third-order valence-corrected chi connectivity index (χ3v) is 4.62. The first-order valence-corrected chi connectivity index (χ1v) is 8.57. The van der Waals surface area contributed by atoms with E-state index in [1.165, 1.54) is 0 Å². The van der Waals surface area contributed by atoms with E-state index < -0.39 is 6.10 Å². The molecule has 6 nitrogen and oxygen atoms in total. The first-order valence-electron chi connectivity index (χ1n) is 8.57. The number of amides is 2. The number of nitrogens with two attached hydrogens (primary N) is 1. The van der Waals surface area contributed by atoms with Crippen molar-refractivity contribution >= 4 is 17.5 Å². The van der Waals surface area contributed by atoms with E-state index in [-0.39, 0.29) is 17.4 Å². The summed E-state index contributed by atoms with van der Waals surface area (Å²) < 4.78 is 5.36. The molecule has 0 radical (unpaired) electrons. The molecule has 0 saturated carbocycles. The third kappa shape index (κ3) is 4.79. The van der Waals surface area contributed by atoms with Gasteiger partial charge >= 0.3 is 0 Å². The zero-order chi connectivity index (χ0) is 17.6. The summed E-state index contributed by atoms with van der Waals surface area (Å²) in [5.74, 6) is -0.358. The van der Waals surface area contributed by atoms with E-state index in [9.17, 15) is 9.59 Å². The summed E-state index contributed by atoms with van der Waals surface area (Å²) in [4.78, 5) is 24.4. The molecule has 24 heavy (non-hydrogen) atoms. The minimum Gasteiger partial charge on any atom is -0.368 e. The number of ether oxygens (including phenoxy) is 1. The molecule has 0 bridgehead atoms. The molecule has 0 aromatic heterocycles. The molecule has 6 heteroatoms. The molecule has 1 aliphatic rings. The van der Waals surface area contributed by atoms with E-state index in [2.05, 4.69) is 10.6 Å². The number of carbonyl (C=O) groups is 2. The topological polar surface area (TPSA) is 93.5 Å². The number of hydrogen-bond donors (Lipinski definition) is 3. The number of rotatable bonds is 7. The van der Waals surface area contributed by atoms with E-state index in [4.69, 9.17) is 10.5 Å². The lowest BCUT2D eigenvalue weighted by Gasteiger charge is -2.26. The van der Waals surface area contributed by atoms with Gasteiger partial charge in [0.05, 0.1) is 0 Å². The SMILES string of the molecule is CCC(N)(CC)CNC(=O)c1cccc(NC(=O)C2CCCO2)c1. The summed E-state index contributed by atoms with van der Waals surface area (Å²) in [5.41, 5.74) is 6.90. The minimum atomic E-state index is -0.394. The molecule has 132 valence electrons. The Morgan fingerprint density at radius 2 is 2.08 bits per heavy atom. The van der Waals surface area contributed by atoms with Gasteiger partial charge in [0.25, 0.3) is 11.8 Å². The summed E-state index contributed by atoms with van der Waals surface area (Å²) in [5, 5.41) is 5.68. The summed E-state index contributed by atoms with van der Waals surface area (Å²) in [6.45, 7) is 5.06. The van der Waals surface area contributed by atoms with Crippen LogP contribution >= 0.6 is 0 Å². The van der Waals surface area contributed by atoms with Crippen LogP contribution in [0.3, 0.4) is 0 Å². The lowest BCUT2D eigenvalue weighted by atomic mass is 9.94. The van der Waals surface area contributed by atoms with Gasteiger partial charge in [0.15, 0.2) is 0 Å². The van der Waals surface area contributed by atoms with Crippen LogP contribution in [0.4, 0.5) is 5.69 Å². The second-order valence-corrected chi connectivity index (χ2v) is 6.32. The highest BCUT2D eigenvalue weighted by atomic mass is 16.5. The lowest BCUT2D eigenvalue weighted by Crippen LogP contribution is -2.49. The van der Waals surface area contributed by atoms with E-state index >= 15 is 0 Å². The first kappa shape index (κ1) is 18.4. The van der Waals surface area contributed by atoms with Crippen molar-refractivity contribution in [1.29, 1.82) is 0 Å². The molecule has 1 heterocycles. The molecule has 1 saturated heterocycles. The van der Waals surface area contributed by atoms with E-state index in [0.29, 0.717) is 24.4 Å². The Morgan fingerprint density at radius 1 is 1.33 bits per heavy atom. The predicted molar refractivity (Wildman–Crippen MR) is 93.9 cm³/mol. The van der Waals surface area contributed by atoms with Crippen LogP contribution in [0, 0.1) is 0 Å². The van der Waals surface area contributed by atoms with Crippen LogP contribution in [0.2, 0.25) is 0 Å². The van der Waals surface area contributed by atoms with Crippen molar-refractivity contribution in [3.05, 3.63) is 29.8 Å². The van der Waals surface area contributed by atoms with Gasteiger partial charge < -0.3 is 21.1 Å². The monoisotopic (exact) mass is 333 g/mol. The van der Waals surface area contributed by atoms with Gasteiger partial charge in [-0.05, 0) is 43.9 Å². The van der Waals surface area contributed by atoms with Gasteiger partial charge in [-0.15, -0.1) is 0 Å². The molecular formula is C18H27N3O3. The fraction of sp³-hybridized carbons (Fsp3) is 0.556. The molecule has 2 rings (SSSR count). The van der Waals surface area contributed by atoms with Crippen molar-refractivity contribution in [2.24, 2.45) is 5.73 Å². The lowest BCUT2D eigenvalue weighted by molar-refractivity contribution is -0.124. The average Bonchev–Trinajstić information content (AvgIpc) is 3.14. The molecule has 4 N–H and O–H groups in total. The third-order valence-electron chi connectivity index (χ3n) is 4.62. The average molecular weight is 333 g/mol. The summed E-state index contributed by atoms with van der Waals surface area (Å²) in [7, 11) is 0. The van der Waals surface area contributed by atoms with Crippen LogP contribution < -0.4 is 16.4 Å². The fourth-order valence-electron chi connectivity index (χ4n) is 2.60. The van der Waals surface area contributed by atoms with Gasteiger partial charge in [0.1, 0.15) is 6.10 Å². The quantitative estimate of drug-likeness (QED) is 0.712. The maximum absolute atomic E-state index is 12.3. The van der Waals surface area contributed by atoms with E-state index in [1.807, 2.05) is 13.8 Å². The number of nitrogens with one attached hydrogen (secondary N) is 2. The van der Waals surface area contributed by atoms with Crippen molar-refractivity contribution in [2.75, 3.05) is 18.5 Å². The largest absolute Gasteiger partial charge is 0.368 e. The van der Waals surface area contributed by atoms with Crippen LogP contribution in [-0.4, -0.2) is 36.6 Å². The summed E-state index contributed by atoms with van der Waals surface area (Å²) in [6, 6.07) is 6.88. The van der Waals surface area contributed by atoms with Crippen molar-refractivity contribution in [1.82, 2.24) is 5.32 Å². The number of carbonyl (C=O) groups excluding carboxylic acids is 2. The highest BCUT2D eigenvalue weighted by Gasteiger charge is 2.24. The molecule has 1 unspecified atom stereocenters. The van der Waals surface area contributed by atoms with Gasteiger partial charge in [-0.2, -0.15) is 0 Å². The first-order chi connectivity index (χ1) is 11.5. The van der Waals surface area contributed by atoms with Crippen LogP contribution in [0.5, 0.6) is 0 Å². The number of hydrogen-bond acceptors (Lipinski definition) is 4. The molecule has 1 aliphatic heterocycles. The Bertz CT molecular complexity index is 579. The van der Waals surface area contributed by atoms with Crippen molar-refractivity contribution in [3.8, 4) is 0 Å². The van der Waals surface area contributed by atoms with Crippen LogP contribution in [0.1, 0.15) is 49.9 Å². The summed E-state index contributed by atoms with van der Waals surface area (Å²) in [6.07, 6.45) is 2.83. The zero-order valence-corrected chi connectivity index (χ0v) is 14.4. The van der Waals surface area contributed by atoms with Gasteiger partial charge in [0.2, 0.25) is 0 Å². The normalized spacial score (nSPS) is 17.5. The molecule has 2 amide bonds. The molecule has 1 fully saturated rings. The van der Waals surface area contributed by atoms with E-state index in [1.54, 1.807) is 24.3 Å². The molecule has 0 aliphatic carbocycles. The minimum absolute atomic E-state index is 0.164. The Balaban J connectivity index is 1.96. The van der Waals surface area contributed by atoms with Crippen molar-refractivity contribution in [2.45, 2.75) is 51.2 Å². The maximum Gasteiger partial charge on any atom is 0.253 e. The highest BCUT2D eigenvalue weighted by molar-refractivity contribution is 5.98. The zero-order valence-electron chi connectivity index (χ0n) is 14.4. The van der Waals surface area contributed by atoms with Gasteiger partial charge in [-0.1, -0.05) is 19.9 Å². The molecule has 0 spiro atoms. The Labute approximate surface area is 143 Å². The molecular weight excluding hydrogens is 306 g/mol. The predicted octanol–water partition coefficient (Wildman–Crippen LogP) is 2.05. The van der Waals surface area contributed by atoms with E-state index in [0.717, 1.165) is 25.7 Å². The molecule has 1 aromatic carbocycles. The van der Waals surface area contributed by atoms with Crippen LogP contribution in [0.25, 0.3) is 0 Å². The van der Waals surface area contributed by atoms with Crippen LogP contribution in [-0.2, 0) is 9.53 Å². The Morgan fingerprint density at radius 3 is 2.71 bits per heavy atom. The second-order valence-electron chi connectivity index (χ2n) is 6.32. The summed E-state index contributed by atoms with van der Waals surface area (Å²) >= 11 is 0. The Hall–Kier alpha value is -1.92. The molecule has 1 atom stereocenters. The maximum atomic E-state index is 12.3. The number of anilines is 1. The van der Waals surface area contributed by atoms with Crippen molar-refractivity contribution < 1.29 is 14.3 Å². The van der Waals surface area contributed by atoms with Gasteiger partial charge in [0, 0.05) is 29.9 Å². The van der Waals surface area contributed by atoms with Crippen molar-refractivity contribution in [3.63, 3.8) is 0 Å². The Kier molecular flexibility index (Phi) is 6.34. The number of benzene rings is 1. The highest BCUT2D eigenvalue weighted by Crippen LogP contribution is 2.16. The standard InChI is InChI=1S/C18H27N3O3/c1-3-18(19,4-2)12-20-16(22)13-7-5-8-14(11-13)21-17(23)15-9-6-10-24-15/h5,7-8,11,15H,3-4,6,9-10,12,19H2,1-2H3,(H,20,22)(H,21,23). The van der Waals surface area contributed by atoms with Gasteiger partial charge in [-0.25, -0.2) is 0 Å². The second kappa shape index (κ2) is 8.26. The fourth-order valence-corrected chi connectivity index (χ4v) is 2.60. The molecule has 1 aromatic rings.